The lowest BCUT2D eigenvalue weighted by Crippen LogP contribution is -1.99. The molecule has 0 unspecified atom stereocenters. The van der Waals surface area contributed by atoms with E-state index in [0.29, 0.717) is 0 Å². The first-order chi connectivity index (χ1) is 5.11. The molecule has 0 spiro atoms. The van der Waals surface area contributed by atoms with Crippen LogP contribution in [0, 0.1) is 5.92 Å². The van der Waals surface area contributed by atoms with E-state index in [4.69, 9.17) is 5.11 Å². The quantitative estimate of drug-likeness (QED) is 0.641. The van der Waals surface area contributed by atoms with Crippen molar-refractivity contribution in [3.8, 4) is 0 Å². The Hall–Kier alpha value is -0.860. The van der Waals surface area contributed by atoms with Crippen molar-refractivity contribution in [3.63, 3.8) is 0 Å². The largest absolute Gasteiger partial charge is 0.476 e. The van der Waals surface area contributed by atoms with Gasteiger partial charge in [0.25, 0.3) is 0 Å². The second kappa shape index (κ2) is 4.88. The fourth-order valence-corrected chi connectivity index (χ4v) is 0.803. The third-order valence-corrected chi connectivity index (χ3v) is 1.64. The van der Waals surface area contributed by atoms with E-state index in [1.165, 1.54) is 6.08 Å². The predicted octanol–water partition coefficient (Wildman–Crippen LogP) is 2.36. The van der Waals surface area contributed by atoms with E-state index >= 15 is 0 Å². The Balaban J connectivity index is 4.14. The molecule has 0 heterocycles. The molecule has 3 heteroatoms. The van der Waals surface area contributed by atoms with Gasteiger partial charge in [-0.05, 0) is 24.8 Å². The molecule has 0 fully saturated rings. The fraction of sp³-hybridized carbons (Fsp3) is 0.625. The van der Waals surface area contributed by atoms with Gasteiger partial charge in [-0.2, -0.15) is 4.39 Å². The highest BCUT2D eigenvalue weighted by Crippen LogP contribution is 2.12. The van der Waals surface area contributed by atoms with Crippen molar-refractivity contribution in [2.24, 2.45) is 5.92 Å². The molecule has 0 aromatic heterocycles. The zero-order valence-corrected chi connectivity index (χ0v) is 6.80. The van der Waals surface area contributed by atoms with E-state index in [1.807, 2.05) is 13.8 Å². The predicted molar refractivity (Wildman–Crippen MR) is 40.9 cm³/mol. The standard InChI is InChI=1S/C8H13FO2/c1-3-6(4-2)5-7(9)8(10)11/h5-6H,3-4H2,1-2H3,(H,10,11). The van der Waals surface area contributed by atoms with Crippen LogP contribution in [0.3, 0.4) is 0 Å². The molecule has 0 aliphatic heterocycles. The van der Waals surface area contributed by atoms with Crippen LogP contribution in [0.2, 0.25) is 0 Å². The minimum atomic E-state index is -1.48. The highest BCUT2D eigenvalue weighted by molar-refractivity contribution is 5.83. The maximum absolute atomic E-state index is 12.4. The molecule has 0 saturated carbocycles. The topological polar surface area (TPSA) is 37.3 Å². The molecule has 11 heavy (non-hydrogen) atoms. The average Bonchev–Trinajstić information content (AvgIpc) is 1.99. The monoisotopic (exact) mass is 160 g/mol. The second-order valence-corrected chi connectivity index (χ2v) is 2.40. The summed E-state index contributed by atoms with van der Waals surface area (Å²) in [5, 5.41) is 8.18. The molecular weight excluding hydrogens is 147 g/mol. The van der Waals surface area contributed by atoms with Crippen LogP contribution in [0.15, 0.2) is 11.9 Å². The average molecular weight is 160 g/mol. The first-order valence-corrected chi connectivity index (χ1v) is 3.72. The van der Waals surface area contributed by atoms with Crippen LogP contribution in [0.5, 0.6) is 0 Å². The van der Waals surface area contributed by atoms with Gasteiger partial charge in [0, 0.05) is 0 Å². The van der Waals surface area contributed by atoms with Gasteiger partial charge in [-0.15, -0.1) is 0 Å². The van der Waals surface area contributed by atoms with Crippen LogP contribution in [0.4, 0.5) is 4.39 Å². The number of hydrogen-bond acceptors (Lipinski definition) is 1. The highest BCUT2D eigenvalue weighted by atomic mass is 19.1. The smallest absolute Gasteiger partial charge is 0.364 e. The number of aliphatic carboxylic acids is 1. The zero-order chi connectivity index (χ0) is 8.85. The Morgan fingerprint density at radius 2 is 2.00 bits per heavy atom. The lowest BCUT2D eigenvalue weighted by atomic mass is 10.0. The third-order valence-electron chi connectivity index (χ3n) is 1.64. The SMILES string of the molecule is CCC(C=C(F)C(=O)O)CC. The normalized spacial score (nSPS) is 12.2. The van der Waals surface area contributed by atoms with Crippen molar-refractivity contribution in [3.05, 3.63) is 11.9 Å². The Morgan fingerprint density at radius 3 is 2.27 bits per heavy atom. The molecule has 0 amide bonds. The van der Waals surface area contributed by atoms with Crippen molar-refractivity contribution < 1.29 is 14.3 Å². The Bertz CT molecular complexity index is 159. The van der Waals surface area contributed by atoms with Crippen LogP contribution < -0.4 is 0 Å². The third kappa shape index (κ3) is 3.75. The molecule has 0 atom stereocenters. The summed E-state index contributed by atoms with van der Waals surface area (Å²) in [6.07, 6.45) is 2.72. The van der Waals surface area contributed by atoms with Crippen molar-refractivity contribution in [2.45, 2.75) is 26.7 Å². The molecule has 0 aromatic carbocycles. The van der Waals surface area contributed by atoms with Crippen LogP contribution in [-0.4, -0.2) is 11.1 Å². The molecule has 64 valence electrons. The van der Waals surface area contributed by atoms with E-state index < -0.39 is 11.8 Å². The van der Waals surface area contributed by atoms with E-state index in [2.05, 4.69) is 0 Å². The molecule has 0 aliphatic rings. The van der Waals surface area contributed by atoms with Gasteiger partial charge in [-0.1, -0.05) is 13.8 Å². The van der Waals surface area contributed by atoms with E-state index in [1.54, 1.807) is 0 Å². The van der Waals surface area contributed by atoms with Crippen LogP contribution >= 0.6 is 0 Å². The summed E-state index contributed by atoms with van der Waals surface area (Å²) in [5.41, 5.74) is 0. The molecule has 0 radical (unpaired) electrons. The molecular formula is C8H13FO2. The fourth-order valence-electron chi connectivity index (χ4n) is 0.803. The zero-order valence-electron chi connectivity index (χ0n) is 6.80. The number of halogens is 1. The molecule has 0 bridgehead atoms. The summed E-state index contributed by atoms with van der Waals surface area (Å²) in [7, 11) is 0. The molecule has 2 nitrogen and oxygen atoms in total. The van der Waals surface area contributed by atoms with Crippen molar-refractivity contribution in [2.75, 3.05) is 0 Å². The van der Waals surface area contributed by atoms with E-state index in [-0.39, 0.29) is 5.92 Å². The molecule has 1 N–H and O–H groups in total. The second-order valence-electron chi connectivity index (χ2n) is 2.40. The van der Waals surface area contributed by atoms with Gasteiger partial charge in [0.2, 0.25) is 5.83 Å². The van der Waals surface area contributed by atoms with Crippen molar-refractivity contribution in [1.29, 1.82) is 0 Å². The number of allylic oxidation sites excluding steroid dienone is 1. The van der Waals surface area contributed by atoms with Crippen LogP contribution in [0.1, 0.15) is 26.7 Å². The minimum absolute atomic E-state index is 0.0473. The van der Waals surface area contributed by atoms with Gasteiger partial charge in [-0.3, -0.25) is 0 Å². The Kier molecular flexibility index (Phi) is 4.50. The summed E-state index contributed by atoms with van der Waals surface area (Å²) in [6.45, 7) is 3.81. The Labute approximate surface area is 65.7 Å². The van der Waals surface area contributed by atoms with Crippen LogP contribution in [0.25, 0.3) is 0 Å². The summed E-state index contributed by atoms with van der Waals surface area (Å²) in [4.78, 5) is 10.0. The Morgan fingerprint density at radius 1 is 1.55 bits per heavy atom. The van der Waals surface area contributed by atoms with Gasteiger partial charge in [0.05, 0.1) is 0 Å². The summed E-state index contributed by atoms with van der Waals surface area (Å²) in [5.74, 6) is -2.47. The minimum Gasteiger partial charge on any atom is -0.476 e. The summed E-state index contributed by atoms with van der Waals surface area (Å²) in [6, 6.07) is 0. The number of carbonyl (C=O) groups is 1. The maximum atomic E-state index is 12.4. The highest BCUT2D eigenvalue weighted by Gasteiger charge is 2.08. The van der Waals surface area contributed by atoms with Crippen LogP contribution in [-0.2, 0) is 4.79 Å². The van der Waals surface area contributed by atoms with Gasteiger partial charge in [-0.25, -0.2) is 4.79 Å². The number of rotatable bonds is 4. The maximum Gasteiger partial charge on any atom is 0.364 e. The van der Waals surface area contributed by atoms with E-state index in [0.717, 1.165) is 12.8 Å². The molecule has 0 rings (SSSR count). The number of carboxylic acids is 1. The first-order valence-electron chi connectivity index (χ1n) is 3.72. The van der Waals surface area contributed by atoms with Gasteiger partial charge in [0.15, 0.2) is 0 Å². The molecule has 0 aliphatic carbocycles. The number of carboxylic acid groups (broad SMARTS) is 1. The van der Waals surface area contributed by atoms with Gasteiger partial charge >= 0.3 is 5.97 Å². The van der Waals surface area contributed by atoms with Crippen molar-refractivity contribution in [1.82, 2.24) is 0 Å². The van der Waals surface area contributed by atoms with Gasteiger partial charge in [0.1, 0.15) is 0 Å². The first kappa shape index (κ1) is 10.1. The molecule has 0 saturated heterocycles. The van der Waals surface area contributed by atoms with Gasteiger partial charge < -0.3 is 5.11 Å². The summed E-state index contributed by atoms with van der Waals surface area (Å²) >= 11 is 0. The lowest BCUT2D eigenvalue weighted by Gasteiger charge is -2.03. The summed E-state index contributed by atoms with van der Waals surface area (Å²) < 4.78 is 12.4. The van der Waals surface area contributed by atoms with E-state index in [9.17, 15) is 9.18 Å². The van der Waals surface area contributed by atoms with Crippen molar-refractivity contribution >= 4 is 5.97 Å². The number of hydrogen-bond donors (Lipinski definition) is 1. The lowest BCUT2D eigenvalue weighted by molar-refractivity contribution is -0.134. The molecule has 0 aromatic rings.